The summed E-state index contributed by atoms with van der Waals surface area (Å²) in [6.45, 7) is 4.06. The van der Waals surface area contributed by atoms with Crippen LogP contribution < -0.4 is 5.32 Å². The molecule has 0 aliphatic carbocycles. The topological polar surface area (TPSA) is 86.3 Å². The maximum absolute atomic E-state index is 4.64. The molecule has 1 atom stereocenters. The summed E-state index contributed by atoms with van der Waals surface area (Å²) in [5.41, 5.74) is 4.90. The van der Waals surface area contributed by atoms with Crippen LogP contribution in [0.15, 0.2) is 55.4 Å². The monoisotopic (exact) mass is 360 g/mol. The lowest BCUT2D eigenvalue weighted by molar-refractivity contribution is 0.756. The SMILES string of the molecule is Cc1nn(C)cc1-c1ccnc(N[C@@H](C)c2ccc(-n3cncn3)cc2)n1. The van der Waals surface area contributed by atoms with Crippen molar-refractivity contribution < 1.29 is 0 Å². The average molecular weight is 360 g/mol. The van der Waals surface area contributed by atoms with Gasteiger partial charge >= 0.3 is 0 Å². The first kappa shape index (κ1) is 16.9. The van der Waals surface area contributed by atoms with Crippen molar-refractivity contribution in [3.8, 4) is 16.9 Å². The molecule has 0 radical (unpaired) electrons. The Labute approximate surface area is 156 Å². The third-order valence-electron chi connectivity index (χ3n) is 4.37. The van der Waals surface area contributed by atoms with E-state index >= 15 is 0 Å². The van der Waals surface area contributed by atoms with E-state index in [1.54, 1.807) is 21.9 Å². The van der Waals surface area contributed by atoms with Gasteiger partial charge in [0.25, 0.3) is 0 Å². The Balaban J connectivity index is 1.52. The molecule has 3 heterocycles. The second kappa shape index (κ2) is 6.99. The van der Waals surface area contributed by atoms with E-state index in [4.69, 9.17) is 0 Å². The largest absolute Gasteiger partial charge is 0.348 e. The number of nitrogens with zero attached hydrogens (tertiary/aromatic N) is 7. The quantitative estimate of drug-likeness (QED) is 0.589. The molecular weight excluding hydrogens is 340 g/mol. The van der Waals surface area contributed by atoms with Gasteiger partial charge in [-0.15, -0.1) is 0 Å². The maximum atomic E-state index is 4.64. The molecule has 4 rings (SSSR count). The van der Waals surface area contributed by atoms with Gasteiger partial charge in [0.05, 0.1) is 23.1 Å². The number of hydrogen-bond acceptors (Lipinski definition) is 6. The highest BCUT2D eigenvalue weighted by atomic mass is 15.3. The second-order valence-electron chi connectivity index (χ2n) is 6.36. The molecule has 1 N–H and O–H groups in total. The predicted octanol–water partition coefficient (Wildman–Crippen LogP) is 2.94. The van der Waals surface area contributed by atoms with Gasteiger partial charge in [-0.1, -0.05) is 12.1 Å². The van der Waals surface area contributed by atoms with Crippen molar-refractivity contribution in [3.05, 3.63) is 66.6 Å². The van der Waals surface area contributed by atoms with E-state index in [9.17, 15) is 0 Å². The van der Waals surface area contributed by atoms with Gasteiger partial charge in [0.15, 0.2) is 0 Å². The minimum Gasteiger partial charge on any atom is -0.348 e. The number of hydrogen-bond donors (Lipinski definition) is 1. The summed E-state index contributed by atoms with van der Waals surface area (Å²) in [5, 5.41) is 11.9. The number of nitrogens with one attached hydrogen (secondary N) is 1. The predicted molar refractivity (Wildman–Crippen MR) is 102 cm³/mol. The van der Waals surface area contributed by atoms with Crippen LogP contribution in [0.25, 0.3) is 16.9 Å². The number of aryl methyl sites for hydroxylation is 2. The van der Waals surface area contributed by atoms with E-state index in [0.717, 1.165) is 28.2 Å². The van der Waals surface area contributed by atoms with Crippen LogP contribution in [0.5, 0.6) is 0 Å². The van der Waals surface area contributed by atoms with Crippen molar-refractivity contribution in [2.75, 3.05) is 5.32 Å². The van der Waals surface area contributed by atoms with E-state index in [0.29, 0.717) is 5.95 Å². The fourth-order valence-corrected chi connectivity index (χ4v) is 2.96. The first-order chi connectivity index (χ1) is 13.1. The summed E-state index contributed by atoms with van der Waals surface area (Å²) in [6, 6.07) is 10.1. The molecule has 0 saturated carbocycles. The Bertz CT molecular complexity index is 1030. The van der Waals surface area contributed by atoms with E-state index < -0.39 is 0 Å². The standard InChI is InChI=1S/C19H20N8/c1-13(15-4-6-16(7-5-15)27-12-20-11-22-27)23-19-21-9-8-18(24-19)17-10-26(3)25-14(17)2/h4-13H,1-3H3,(H,21,23,24)/t13-/m0/s1. The number of aromatic nitrogens is 7. The maximum Gasteiger partial charge on any atom is 0.223 e. The molecule has 0 unspecified atom stereocenters. The van der Waals surface area contributed by atoms with E-state index in [2.05, 4.69) is 49.5 Å². The van der Waals surface area contributed by atoms with Gasteiger partial charge in [0, 0.05) is 25.0 Å². The smallest absolute Gasteiger partial charge is 0.223 e. The fourth-order valence-electron chi connectivity index (χ4n) is 2.96. The van der Waals surface area contributed by atoms with Crippen molar-refractivity contribution in [1.29, 1.82) is 0 Å². The lowest BCUT2D eigenvalue weighted by Crippen LogP contribution is -2.10. The molecule has 3 aromatic heterocycles. The van der Waals surface area contributed by atoms with Gasteiger partial charge in [-0.25, -0.2) is 19.6 Å². The molecule has 1 aromatic carbocycles. The van der Waals surface area contributed by atoms with Crippen molar-refractivity contribution in [2.45, 2.75) is 19.9 Å². The van der Waals surface area contributed by atoms with Gasteiger partial charge in [-0.2, -0.15) is 10.2 Å². The van der Waals surface area contributed by atoms with Crippen molar-refractivity contribution >= 4 is 5.95 Å². The zero-order valence-electron chi connectivity index (χ0n) is 15.4. The van der Waals surface area contributed by atoms with Crippen LogP contribution in [-0.2, 0) is 7.05 Å². The molecule has 0 aliphatic rings. The Hall–Kier alpha value is -3.55. The number of benzene rings is 1. The van der Waals surface area contributed by atoms with Gasteiger partial charge in [-0.3, -0.25) is 4.68 Å². The third-order valence-corrected chi connectivity index (χ3v) is 4.37. The Kier molecular flexibility index (Phi) is 4.37. The van der Waals surface area contributed by atoms with Crippen molar-refractivity contribution in [1.82, 2.24) is 34.5 Å². The van der Waals surface area contributed by atoms with Gasteiger partial charge in [-0.05, 0) is 37.6 Å². The normalized spacial score (nSPS) is 12.1. The molecule has 0 saturated heterocycles. The van der Waals surface area contributed by atoms with Crippen LogP contribution in [0.1, 0.15) is 24.2 Å². The van der Waals surface area contributed by atoms with Crippen LogP contribution in [0.3, 0.4) is 0 Å². The van der Waals surface area contributed by atoms with Crippen LogP contribution in [0.4, 0.5) is 5.95 Å². The lowest BCUT2D eigenvalue weighted by atomic mass is 10.1. The van der Waals surface area contributed by atoms with Crippen LogP contribution in [0.2, 0.25) is 0 Å². The first-order valence-electron chi connectivity index (χ1n) is 8.65. The molecule has 0 bridgehead atoms. The van der Waals surface area contributed by atoms with Gasteiger partial charge in [0.1, 0.15) is 12.7 Å². The molecule has 0 fully saturated rings. The van der Waals surface area contributed by atoms with Gasteiger partial charge in [0.2, 0.25) is 5.95 Å². The molecule has 27 heavy (non-hydrogen) atoms. The van der Waals surface area contributed by atoms with Crippen molar-refractivity contribution in [2.24, 2.45) is 7.05 Å². The highest BCUT2D eigenvalue weighted by Crippen LogP contribution is 2.23. The van der Waals surface area contributed by atoms with E-state index in [1.165, 1.54) is 6.33 Å². The van der Waals surface area contributed by atoms with Crippen LogP contribution in [0, 0.1) is 6.92 Å². The van der Waals surface area contributed by atoms with Crippen LogP contribution >= 0.6 is 0 Å². The minimum absolute atomic E-state index is 0.0556. The highest BCUT2D eigenvalue weighted by molar-refractivity contribution is 5.61. The van der Waals surface area contributed by atoms with Crippen LogP contribution in [-0.4, -0.2) is 34.5 Å². The van der Waals surface area contributed by atoms with Gasteiger partial charge < -0.3 is 5.32 Å². The summed E-state index contributed by atoms with van der Waals surface area (Å²) in [6.07, 6.45) is 6.92. The first-order valence-corrected chi connectivity index (χ1v) is 8.65. The molecule has 0 amide bonds. The Morgan fingerprint density at radius 3 is 2.59 bits per heavy atom. The molecule has 8 nitrogen and oxygen atoms in total. The molecule has 8 heteroatoms. The van der Waals surface area contributed by atoms with E-state index in [1.807, 2.05) is 38.4 Å². The number of anilines is 1. The molecule has 4 aromatic rings. The lowest BCUT2D eigenvalue weighted by Gasteiger charge is -2.15. The summed E-state index contributed by atoms with van der Waals surface area (Å²) in [4.78, 5) is 13.0. The number of rotatable bonds is 5. The third kappa shape index (κ3) is 3.55. The zero-order valence-corrected chi connectivity index (χ0v) is 15.4. The fraction of sp³-hybridized carbons (Fsp3) is 0.211. The summed E-state index contributed by atoms with van der Waals surface area (Å²) in [7, 11) is 1.90. The average Bonchev–Trinajstić information content (AvgIpc) is 3.32. The minimum atomic E-state index is 0.0556. The van der Waals surface area contributed by atoms with Crippen molar-refractivity contribution in [3.63, 3.8) is 0 Å². The summed E-state index contributed by atoms with van der Waals surface area (Å²) < 4.78 is 3.52. The summed E-state index contributed by atoms with van der Waals surface area (Å²) in [5.74, 6) is 0.587. The zero-order chi connectivity index (χ0) is 18.8. The molecule has 0 spiro atoms. The Morgan fingerprint density at radius 1 is 1.11 bits per heavy atom. The molecule has 0 aliphatic heterocycles. The molecular formula is C19H20N8. The highest BCUT2D eigenvalue weighted by Gasteiger charge is 2.11. The van der Waals surface area contributed by atoms with E-state index in [-0.39, 0.29) is 6.04 Å². The Morgan fingerprint density at radius 2 is 1.93 bits per heavy atom. The molecule has 136 valence electrons. The summed E-state index contributed by atoms with van der Waals surface area (Å²) >= 11 is 0. The second-order valence-corrected chi connectivity index (χ2v) is 6.36.